The number of fused-ring (bicyclic) bond motifs is 4. The second kappa shape index (κ2) is 9.36. The Kier molecular flexibility index (Phi) is 6.26. The Morgan fingerprint density at radius 2 is 1.71 bits per heavy atom. The number of ether oxygens (including phenoxy) is 1. The molecule has 0 bridgehead atoms. The fraction of sp³-hybridized carbons (Fsp3) is 0.464. The van der Waals surface area contributed by atoms with Crippen LogP contribution in [0.1, 0.15) is 56.1 Å². The minimum Gasteiger partial charge on any atom is -0.481 e. The summed E-state index contributed by atoms with van der Waals surface area (Å²) in [6.45, 7) is 2.58. The van der Waals surface area contributed by atoms with Crippen molar-refractivity contribution in [2.24, 2.45) is 17.3 Å². The average Bonchev–Trinajstić information content (AvgIpc) is 3.27. The lowest BCUT2D eigenvalue weighted by Gasteiger charge is -2.20. The molecular weight excluding hydrogens is 444 g/mol. The second-order valence-electron chi connectivity index (χ2n) is 10.2. The first-order chi connectivity index (χ1) is 16.9. The fourth-order valence-electron chi connectivity index (χ4n) is 6.11. The molecule has 1 unspecified atom stereocenters. The maximum Gasteiger partial charge on any atom is 0.407 e. The summed E-state index contributed by atoms with van der Waals surface area (Å²) in [7, 11) is 0. The van der Waals surface area contributed by atoms with Crippen LogP contribution in [0.25, 0.3) is 11.1 Å². The van der Waals surface area contributed by atoms with Crippen LogP contribution in [0.4, 0.5) is 4.79 Å². The predicted octanol–water partition coefficient (Wildman–Crippen LogP) is 4.31. The summed E-state index contributed by atoms with van der Waals surface area (Å²) in [4.78, 5) is 36.5. The van der Waals surface area contributed by atoms with Gasteiger partial charge >= 0.3 is 12.1 Å². The summed E-state index contributed by atoms with van der Waals surface area (Å²) < 4.78 is 5.67. The number of carbonyl (C=O) groups is 3. The van der Waals surface area contributed by atoms with Gasteiger partial charge in [-0.2, -0.15) is 0 Å². The van der Waals surface area contributed by atoms with E-state index < -0.39 is 17.5 Å². The smallest absolute Gasteiger partial charge is 0.407 e. The van der Waals surface area contributed by atoms with Crippen molar-refractivity contribution in [2.45, 2.75) is 51.0 Å². The topological polar surface area (TPSA) is 105 Å². The molecule has 0 aromatic heterocycles. The van der Waals surface area contributed by atoms with Crippen LogP contribution in [0, 0.1) is 17.3 Å². The third-order valence-electron chi connectivity index (χ3n) is 8.12. The van der Waals surface area contributed by atoms with E-state index in [2.05, 4.69) is 34.9 Å². The molecule has 0 spiro atoms. The number of hydrogen-bond donors (Lipinski definition) is 3. The Morgan fingerprint density at radius 3 is 2.34 bits per heavy atom. The third-order valence-corrected chi connectivity index (χ3v) is 8.12. The Balaban J connectivity index is 1.13. The lowest BCUT2D eigenvalue weighted by molar-refractivity contribution is -0.138. The maximum atomic E-state index is 12.9. The Labute approximate surface area is 205 Å². The summed E-state index contributed by atoms with van der Waals surface area (Å²) >= 11 is 0. The lowest BCUT2D eigenvalue weighted by atomic mass is 9.98. The summed E-state index contributed by atoms with van der Waals surface area (Å²) in [6, 6.07) is 16.4. The number of carbonyl (C=O) groups excluding carboxylic acids is 2. The van der Waals surface area contributed by atoms with Crippen molar-refractivity contribution in [3.05, 3.63) is 59.7 Å². The first-order valence-corrected chi connectivity index (χ1v) is 12.5. The van der Waals surface area contributed by atoms with Gasteiger partial charge in [-0.1, -0.05) is 61.9 Å². The molecule has 2 aromatic rings. The maximum absolute atomic E-state index is 12.9. The molecule has 0 radical (unpaired) electrons. The van der Waals surface area contributed by atoms with Crippen LogP contribution in [0.3, 0.4) is 0 Å². The SMILES string of the molecule is CCC(CNC(=O)[C@@]12C[C@@H](NC(=O)OCC3c4ccccc4-c4ccccc43)C[C@@H]1C2)CC(=O)O. The highest BCUT2D eigenvalue weighted by molar-refractivity contribution is 5.87. The predicted molar refractivity (Wildman–Crippen MR) is 131 cm³/mol. The van der Waals surface area contributed by atoms with Gasteiger partial charge in [0.15, 0.2) is 0 Å². The highest BCUT2D eigenvalue weighted by atomic mass is 16.5. The molecule has 2 amide bonds. The summed E-state index contributed by atoms with van der Waals surface area (Å²) in [5, 5.41) is 15.0. The number of aliphatic carboxylic acids is 1. The van der Waals surface area contributed by atoms with Crippen LogP contribution in [-0.4, -0.2) is 42.3 Å². The van der Waals surface area contributed by atoms with E-state index in [1.807, 2.05) is 31.2 Å². The van der Waals surface area contributed by atoms with E-state index in [4.69, 9.17) is 9.84 Å². The monoisotopic (exact) mass is 476 g/mol. The molecule has 5 rings (SSSR count). The van der Waals surface area contributed by atoms with Crippen molar-refractivity contribution < 1.29 is 24.2 Å². The number of carboxylic acids is 1. The highest BCUT2D eigenvalue weighted by Crippen LogP contribution is 2.63. The van der Waals surface area contributed by atoms with Gasteiger partial charge in [-0.05, 0) is 53.4 Å². The summed E-state index contributed by atoms with van der Waals surface area (Å²) in [6.07, 6.45) is 2.51. The number of alkyl carbamates (subject to hydrolysis) is 1. The van der Waals surface area contributed by atoms with E-state index in [0.29, 0.717) is 19.4 Å². The average molecular weight is 477 g/mol. The van der Waals surface area contributed by atoms with Gasteiger partial charge in [0.2, 0.25) is 5.91 Å². The molecule has 2 fully saturated rings. The molecule has 0 aliphatic heterocycles. The van der Waals surface area contributed by atoms with E-state index >= 15 is 0 Å². The molecule has 2 saturated carbocycles. The Hall–Kier alpha value is -3.35. The second-order valence-corrected chi connectivity index (χ2v) is 10.2. The zero-order valence-corrected chi connectivity index (χ0v) is 20.0. The molecule has 35 heavy (non-hydrogen) atoms. The van der Waals surface area contributed by atoms with Gasteiger partial charge < -0.3 is 20.5 Å². The molecule has 0 saturated heterocycles. The van der Waals surface area contributed by atoms with E-state index in [-0.39, 0.29) is 42.7 Å². The van der Waals surface area contributed by atoms with Crippen molar-refractivity contribution >= 4 is 18.0 Å². The standard InChI is InChI=1S/C28H32N2O5/c1-2-17(11-25(31)32)15-29-26(33)28-13-18(28)12-19(14-28)30-27(34)35-16-24-22-9-5-3-7-20(22)21-8-4-6-10-23(21)24/h3-10,17-19,24H,2,11-16H2,1H3,(H,29,33)(H,30,34)(H,31,32)/t17?,18-,19+,28+/m1/s1. The van der Waals surface area contributed by atoms with Gasteiger partial charge in [0.25, 0.3) is 0 Å². The number of benzene rings is 2. The van der Waals surface area contributed by atoms with Crippen LogP contribution in [0.5, 0.6) is 0 Å². The van der Waals surface area contributed by atoms with E-state index in [0.717, 1.165) is 12.8 Å². The molecule has 2 aromatic carbocycles. The van der Waals surface area contributed by atoms with Crippen LogP contribution in [0.15, 0.2) is 48.5 Å². The van der Waals surface area contributed by atoms with Crippen LogP contribution < -0.4 is 10.6 Å². The first-order valence-electron chi connectivity index (χ1n) is 12.5. The molecule has 4 atom stereocenters. The van der Waals surface area contributed by atoms with Gasteiger partial charge in [-0.25, -0.2) is 4.79 Å². The van der Waals surface area contributed by atoms with Crippen molar-refractivity contribution in [1.82, 2.24) is 10.6 Å². The van der Waals surface area contributed by atoms with Gasteiger partial charge in [0.1, 0.15) is 6.61 Å². The Bertz CT molecular complexity index is 1100. The molecule has 7 nitrogen and oxygen atoms in total. The minimum atomic E-state index is -0.846. The molecule has 3 N–H and O–H groups in total. The van der Waals surface area contributed by atoms with Crippen molar-refractivity contribution in [1.29, 1.82) is 0 Å². The molecule has 184 valence electrons. The lowest BCUT2D eigenvalue weighted by Crippen LogP contribution is -2.39. The van der Waals surface area contributed by atoms with Gasteiger partial charge in [-0.3, -0.25) is 9.59 Å². The number of nitrogens with one attached hydrogen (secondary N) is 2. The molecule has 3 aliphatic carbocycles. The van der Waals surface area contributed by atoms with E-state index in [1.165, 1.54) is 22.3 Å². The van der Waals surface area contributed by atoms with Crippen molar-refractivity contribution in [3.63, 3.8) is 0 Å². The van der Waals surface area contributed by atoms with Gasteiger partial charge in [0, 0.05) is 24.9 Å². The van der Waals surface area contributed by atoms with Crippen LogP contribution >= 0.6 is 0 Å². The molecular formula is C28H32N2O5. The molecule has 3 aliphatic rings. The van der Waals surface area contributed by atoms with E-state index in [1.54, 1.807) is 0 Å². The van der Waals surface area contributed by atoms with Crippen molar-refractivity contribution in [2.75, 3.05) is 13.2 Å². The fourth-order valence-corrected chi connectivity index (χ4v) is 6.11. The summed E-state index contributed by atoms with van der Waals surface area (Å²) in [5.41, 5.74) is 4.30. The summed E-state index contributed by atoms with van der Waals surface area (Å²) in [5.74, 6) is -0.647. The zero-order valence-electron chi connectivity index (χ0n) is 20.0. The highest BCUT2D eigenvalue weighted by Gasteiger charge is 2.65. The van der Waals surface area contributed by atoms with E-state index in [9.17, 15) is 14.4 Å². The normalized spacial score (nSPS) is 24.6. The zero-order chi connectivity index (χ0) is 24.6. The van der Waals surface area contributed by atoms with Gasteiger partial charge in [0.05, 0.1) is 5.41 Å². The minimum absolute atomic E-state index is 0.0109. The van der Waals surface area contributed by atoms with Crippen LogP contribution in [-0.2, 0) is 14.3 Å². The first kappa shape index (κ1) is 23.4. The Morgan fingerprint density at radius 1 is 1.06 bits per heavy atom. The number of amides is 2. The number of hydrogen-bond acceptors (Lipinski definition) is 4. The van der Waals surface area contributed by atoms with Gasteiger partial charge in [-0.15, -0.1) is 0 Å². The third kappa shape index (κ3) is 4.51. The number of carboxylic acid groups (broad SMARTS) is 1. The molecule has 7 heteroatoms. The number of rotatable bonds is 9. The molecule has 0 heterocycles. The van der Waals surface area contributed by atoms with Crippen LogP contribution in [0.2, 0.25) is 0 Å². The quantitative estimate of drug-likeness (QED) is 0.500. The van der Waals surface area contributed by atoms with Crippen molar-refractivity contribution in [3.8, 4) is 11.1 Å². The largest absolute Gasteiger partial charge is 0.481 e.